The van der Waals surface area contributed by atoms with Crippen molar-refractivity contribution < 1.29 is 22.3 Å². The highest BCUT2D eigenvalue weighted by Gasteiger charge is 2.34. The van der Waals surface area contributed by atoms with Crippen molar-refractivity contribution in [2.24, 2.45) is 5.73 Å². The van der Waals surface area contributed by atoms with Gasteiger partial charge < -0.3 is 15.4 Å². The van der Waals surface area contributed by atoms with Gasteiger partial charge in [-0.3, -0.25) is 10.2 Å². The molecule has 9 heteroatoms. The van der Waals surface area contributed by atoms with E-state index in [1.807, 2.05) is 0 Å². The maximum atomic E-state index is 15.7. The number of benzene rings is 3. The summed E-state index contributed by atoms with van der Waals surface area (Å²) in [4.78, 5) is 14.0. The number of nitrogens with one attached hydrogen (secondary N) is 1. The molecule has 1 aliphatic heterocycles. The maximum Gasteiger partial charge on any atom is 0.268 e. The molecule has 3 aromatic rings. The van der Waals surface area contributed by atoms with Gasteiger partial charge in [0.2, 0.25) is 0 Å². The summed E-state index contributed by atoms with van der Waals surface area (Å²) in [5.74, 6) is -1.19. The van der Waals surface area contributed by atoms with Crippen molar-refractivity contribution in [3.8, 4) is 16.9 Å². The molecule has 176 valence electrons. The lowest BCUT2D eigenvalue weighted by Crippen LogP contribution is -2.47. The average molecular weight is 482 g/mol. The Labute approximate surface area is 197 Å². The second kappa shape index (κ2) is 9.26. The summed E-state index contributed by atoms with van der Waals surface area (Å²) in [6.07, 6.45) is 1.03. The second-order valence-corrected chi connectivity index (χ2v) is 10.0. The van der Waals surface area contributed by atoms with Gasteiger partial charge in [0, 0.05) is 23.9 Å². The van der Waals surface area contributed by atoms with Crippen LogP contribution in [0.2, 0.25) is 0 Å². The number of anilines is 1. The number of nitrogen functional groups attached to an aromatic ring is 1. The topological polar surface area (TPSA) is 114 Å². The number of hydrogen-bond acceptors (Lipinski definition) is 5. The number of nitrogens with zero attached hydrogens (tertiary/aromatic N) is 1. The van der Waals surface area contributed by atoms with Crippen molar-refractivity contribution in [3.63, 3.8) is 0 Å². The molecule has 1 unspecified atom stereocenters. The summed E-state index contributed by atoms with van der Waals surface area (Å²) in [6.45, 7) is 0.233. The average Bonchev–Trinajstić information content (AvgIpc) is 2.80. The molecule has 1 amide bonds. The zero-order chi connectivity index (χ0) is 24.5. The molecule has 7 nitrogen and oxygen atoms in total. The molecule has 3 aromatic carbocycles. The first-order chi connectivity index (χ1) is 16.2. The predicted molar refractivity (Wildman–Crippen MR) is 128 cm³/mol. The fraction of sp³-hybridized carbons (Fsp3) is 0.200. The van der Waals surface area contributed by atoms with E-state index in [0.29, 0.717) is 29.7 Å². The van der Waals surface area contributed by atoms with E-state index >= 15 is 4.39 Å². The van der Waals surface area contributed by atoms with Gasteiger partial charge >= 0.3 is 0 Å². The molecule has 0 spiro atoms. The number of piperidine rings is 1. The molecule has 1 heterocycles. The Kier molecular flexibility index (Phi) is 6.39. The van der Waals surface area contributed by atoms with Crippen molar-refractivity contribution >= 4 is 27.3 Å². The monoisotopic (exact) mass is 481 g/mol. The van der Waals surface area contributed by atoms with Crippen LogP contribution in [0.25, 0.3) is 11.1 Å². The molecule has 34 heavy (non-hydrogen) atoms. The Morgan fingerprint density at radius 2 is 1.85 bits per heavy atom. The van der Waals surface area contributed by atoms with Gasteiger partial charge in [-0.1, -0.05) is 48.5 Å². The molecule has 0 aliphatic carbocycles. The SMILES string of the molecule is CS(=O)(=O)c1c(-c2ccccc2)ccc(N2CCCC(Oc3cccc(C(=N)N)c3)C2=O)c1F. The van der Waals surface area contributed by atoms with Crippen molar-refractivity contribution in [1.29, 1.82) is 5.41 Å². The van der Waals surface area contributed by atoms with Gasteiger partial charge in [-0.2, -0.15) is 0 Å². The van der Waals surface area contributed by atoms with E-state index in [2.05, 4.69) is 0 Å². The molecule has 0 radical (unpaired) electrons. The first kappa shape index (κ1) is 23.4. The molecular weight excluding hydrogens is 457 g/mol. The Hall–Kier alpha value is -3.72. The number of amidine groups is 1. The lowest BCUT2D eigenvalue weighted by atomic mass is 10.0. The smallest absolute Gasteiger partial charge is 0.268 e. The molecule has 3 N–H and O–H groups in total. The largest absolute Gasteiger partial charge is 0.481 e. The van der Waals surface area contributed by atoms with Crippen LogP contribution in [-0.4, -0.2) is 39.1 Å². The number of nitrogens with two attached hydrogens (primary N) is 1. The Morgan fingerprint density at radius 3 is 2.53 bits per heavy atom. The highest BCUT2D eigenvalue weighted by atomic mass is 32.2. The zero-order valence-electron chi connectivity index (χ0n) is 18.5. The minimum Gasteiger partial charge on any atom is -0.481 e. The standard InChI is InChI=1S/C25H24FN3O4S/c1-34(31,32)23-19(16-7-3-2-4-8-16)12-13-20(22(23)26)29-14-6-11-21(25(29)30)33-18-10-5-9-17(15-18)24(27)28/h2-5,7-10,12-13,15,21H,6,11,14H2,1H3,(H3,27,28). The summed E-state index contributed by atoms with van der Waals surface area (Å²) >= 11 is 0. The normalized spacial score (nSPS) is 16.4. The highest BCUT2D eigenvalue weighted by Crippen LogP contribution is 2.36. The summed E-state index contributed by atoms with van der Waals surface area (Å²) in [7, 11) is -3.94. The minimum atomic E-state index is -3.94. The van der Waals surface area contributed by atoms with E-state index < -0.39 is 32.6 Å². The number of ether oxygens (including phenoxy) is 1. The van der Waals surface area contributed by atoms with Crippen LogP contribution in [0.3, 0.4) is 0 Å². The van der Waals surface area contributed by atoms with Crippen LogP contribution in [0, 0.1) is 11.2 Å². The molecule has 1 atom stereocenters. The third-order valence-electron chi connectivity index (χ3n) is 5.64. The van der Waals surface area contributed by atoms with Crippen molar-refractivity contribution in [1.82, 2.24) is 0 Å². The molecule has 1 aliphatic rings. The van der Waals surface area contributed by atoms with Crippen LogP contribution >= 0.6 is 0 Å². The first-order valence-corrected chi connectivity index (χ1v) is 12.6. The quantitative estimate of drug-likeness (QED) is 0.411. The third kappa shape index (κ3) is 4.65. The van der Waals surface area contributed by atoms with Gasteiger partial charge in [0.25, 0.3) is 5.91 Å². The second-order valence-electron chi connectivity index (χ2n) is 8.09. The van der Waals surface area contributed by atoms with Crippen LogP contribution in [0.5, 0.6) is 5.75 Å². The van der Waals surface area contributed by atoms with Crippen LogP contribution in [0.15, 0.2) is 71.6 Å². The zero-order valence-corrected chi connectivity index (χ0v) is 19.3. The van der Waals surface area contributed by atoms with E-state index in [1.165, 1.54) is 17.0 Å². The molecule has 0 aromatic heterocycles. The van der Waals surface area contributed by atoms with Crippen LogP contribution in [0.1, 0.15) is 18.4 Å². The summed E-state index contributed by atoms with van der Waals surface area (Å²) in [5.41, 5.74) is 6.68. The number of sulfone groups is 1. The molecule has 0 bridgehead atoms. The fourth-order valence-corrected chi connectivity index (χ4v) is 5.07. The first-order valence-electron chi connectivity index (χ1n) is 10.7. The highest BCUT2D eigenvalue weighted by molar-refractivity contribution is 7.90. The number of amides is 1. The maximum absolute atomic E-state index is 15.7. The molecule has 1 saturated heterocycles. The van der Waals surface area contributed by atoms with E-state index in [4.69, 9.17) is 15.9 Å². The van der Waals surface area contributed by atoms with Crippen LogP contribution in [0.4, 0.5) is 10.1 Å². The lowest BCUT2D eigenvalue weighted by molar-refractivity contribution is -0.127. The van der Waals surface area contributed by atoms with Crippen molar-refractivity contribution in [3.05, 3.63) is 78.1 Å². The van der Waals surface area contributed by atoms with E-state index in [0.717, 1.165) is 6.26 Å². The Bertz CT molecular complexity index is 1360. The summed E-state index contributed by atoms with van der Waals surface area (Å²) < 4.78 is 46.7. The molecule has 1 fully saturated rings. The molecule has 0 saturated carbocycles. The summed E-state index contributed by atoms with van der Waals surface area (Å²) in [5, 5.41) is 7.57. The number of rotatable bonds is 6. The van der Waals surface area contributed by atoms with Crippen LogP contribution in [-0.2, 0) is 14.6 Å². The van der Waals surface area contributed by atoms with E-state index in [9.17, 15) is 13.2 Å². The predicted octanol–water partition coefficient (Wildman–Crippen LogP) is 3.75. The van der Waals surface area contributed by atoms with Crippen LogP contribution < -0.4 is 15.4 Å². The number of carbonyl (C=O) groups is 1. The Balaban J connectivity index is 1.69. The van der Waals surface area contributed by atoms with Crippen molar-refractivity contribution in [2.75, 3.05) is 17.7 Å². The fourth-order valence-electron chi connectivity index (χ4n) is 4.05. The van der Waals surface area contributed by atoms with Gasteiger partial charge in [-0.05, 0) is 36.6 Å². The van der Waals surface area contributed by atoms with Gasteiger partial charge in [0.15, 0.2) is 21.8 Å². The minimum absolute atomic E-state index is 0.101. The molecule has 4 rings (SSSR count). The van der Waals surface area contributed by atoms with Gasteiger partial charge in [0.1, 0.15) is 16.5 Å². The lowest BCUT2D eigenvalue weighted by Gasteiger charge is -2.33. The van der Waals surface area contributed by atoms with Gasteiger partial charge in [0.05, 0.1) is 5.69 Å². The number of halogens is 1. The van der Waals surface area contributed by atoms with E-state index in [-0.39, 0.29) is 23.6 Å². The third-order valence-corrected chi connectivity index (χ3v) is 6.78. The van der Waals surface area contributed by atoms with E-state index in [1.54, 1.807) is 54.6 Å². The van der Waals surface area contributed by atoms with Crippen molar-refractivity contribution in [2.45, 2.75) is 23.8 Å². The van der Waals surface area contributed by atoms with Gasteiger partial charge in [-0.15, -0.1) is 0 Å². The number of hydrogen-bond donors (Lipinski definition) is 2. The summed E-state index contributed by atoms with van der Waals surface area (Å²) in [6, 6.07) is 18.2. The molecular formula is C25H24FN3O4S. The number of carbonyl (C=O) groups excluding carboxylic acids is 1. The Morgan fingerprint density at radius 1 is 1.12 bits per heavy atom. The van der Waals surface area contributed by atoms with Gasteiger partial charge in [-0.25, -0.2) is 12.8 Å².